The summed E-state index contributed by atoms with van der Waals surface area (Å²) in [6, 6.07) is 23.8. The van der Waals surface area contributed by atoms with Crippen molar-refractivity contribution in [1.29, 1.82) is 0 Å². The summed E-state index contributed by atoms with van der Waals surface area (Å²) in [7, 11) is 0. The van der Waals surface area contributed by atoms with Crippen molar-refractivity contribution in [2.45, 2.75) is 90.9 Å². The van der Waals surface area contributed by atoms with Crippen LogP contribution >= 0.6 is 0 Å². The normalized spacial score (nSPS) is 11.5. The van der Waals surface area contributed by atoms with E-state index >= 15 is 0 Å². The molecule has 0 aliphatic heterocycles. The molecule has 3 rings (SSSR count). The summed E-state index contributed by atoms with van der Waals surface area (Å²) < 4.78 is 10.8. The second kappa shape index (κ2) is 16.9. The number of esters is 1. The summed E-state index contributed by atoms with van der Waals surface area (Å²) in [6.45, 7) is 10.8. The van der Waals surface area contributed by atoms with Crippen LogP contribution < -0.4 is 10.6 Å². The van der Waals surface area contributed by atoms with E-state index in [1.54, 1.807) is 32.9 Å². The summed E-state index contributed by atoms with van der Waals surface area (Å²) in [5, 5.41) is 5.68. The molecule has 2 N–H and O–H groups in total. The fraction of sp³-hybridized carbons (Fsp3) is 0.359. The number of anilines is 1. The van der Waals surface area contributed by atoms with E-state index in [1.165, 1.54) is 0 Å². The molecule has 0 aliphatic carbocycles. The number of carbonyl (C=O) groups is 3. The van der Waals surface area contributed by atoms with Gasteiger partial charge in [-0.1, -0.05) is 72.9 Å². The molecule has 0 saturated carbocycles. The lowest BCUT2D eigenvalue weighted by Crippen LogP contribution is -2.45. The number of rotatable bonds is 9. The molecular weight excluding hydrogens is 576 g/mol. The van der Waals surface area contributed by atoms with Gasteiger partial charge in [-0.05, 0) is 96.8 Å². The Morgan fingerprint density at radius 1 is 0.652 bits per heavy atom. The third-order valence-electron chi connectivity index (χ3n) is 6.25. The predicted molar refractivity (Wildman–Crippen MR) is 182 cm³/mol. The molecule has 0 saturated heterocycles. The largest absolute Gasteiger partial charge is 0.460 e. The van der Waals surface area contributed by atoms with Crippen LogP contribution in [0.1, 0.15) is 95.9 Å². The molecule has 2 amide bonds. The molecule has 0 aromatic heterocycles. The van der Waals surface area contributed by atoms with Crippen LogP contribution in [-0.2, 0) is 19.1 Å². The number of nitrogens with one attached hydrogen (secondary N) is 2. The molecule has 3 aromatic rings. The molecule has 0 unspecified atom stereocenters. The molecule has 7 heteroatoms. The van der Waals surface area contributed by atoms with Crippen molar-refractivity contribution in [3.63, 3.8) is 0 Å². The van der Waals surface area contributed by atoms with Gasteiger partial charge < -0.3 is 20.1 Å². The molecule has 240 valence electrons. The zero-order chi connectivity index (χ0) is 33.6. The van der Waals surface area contributed by atoms with E-state index in [4.69, 9.17) is 9.47 Å². The van der Waals surface area contributed by atoms with Crippen LogP contribution in [0.5, 0.6) is 0 Å². The molecule has 0 bridgehead atoms. The van der Waals surface area contributed by atoms with Gasteiger partial charge in [0.2, 0.25) is 5.91 Å². The van der Waals surface area contributed by atoms with Crippen molar-refractivity contribution in [2.24, 2.45) is 0 Å². The van der Waals surface area contributed by atoms with Crippen molar-refractivity contribution in [3.8, 4) is 23.7 Å². The van der Waals surface area contributed by atoms with Gasteiger partial charge in [0.05, 0.1) is 0 Å². The maximum absolute atomic E-state index is 13.6. The lowest BCUT2D eigenvalue weighted by Gasteiger charge is -2.23. The standard InChI is InChI=1S/C39H44N2O5/c1-38(2,3)45-35(42)21-15-9-14-20-34(41-37(44)46-39(4,5)6)36(43)40-33-27-31(24-22-29-16-10-7-11-17-29)26-32(28-33)25-23-30-18-12-8-13-19-30/h7-8,10-13,16-19,26-28,34H,9,14-15,20-21H2,1-6H3,(H,40,43)(H,41,44)/t34-/m0/s1. The van der Waals surface area contributed by atoms with Gasteiger partial charge in [-0.2, -0.15) is 0 Å². The number of hydrogen-bond acceptors (Lipinski definition) is 5. The molecule has 0 fully saturated rings. The van der Waals surface area contributed by atoms with Crippen molar-refractivity contribution in [1.82, 2.24) is 5.32 Å². The first-order chi connectivity index (χ1) is 21.8. The minimum absolute atomic E-state index is 0.255. The van der Waals surface area contributed by atoms with Gasteiger partial charge in [-0.15, -0.1) is 0 Å². The number of benzene rings is 3. The Bertz CT molecular complexity index is 1520. The first-order valence-corrected chi connectivity index (χ1v) is 15.6. The van der Waals surface area contributed by atoms with E-state index in [2.05, 4.69) is 34.3 Å². The number of ether oxygens (including phenoxy) is 2. The zero-order valence-electron chi connectivity index (χ0n) is 27.7. The van der Waals surface area contributed by atoms with Crippen LogP contribution in [0.4, 0.5) is 10.5 Å². The highest BCUT2D eigenvalue weighted by atomic mass is 16.6. The minimum Gasteiger partial charge on any atom is -0.460 e. The monoisotopic (exact) mass is 620 g/mol. The van der Waals surface area contributed by atoms with E-state index in [0.29, 0.717) is 42.5 Å². The fourth-order valence-electron chi connectivity index (χ4n) is 4.31. The molecule has 0 radical (unpaired) electrons. The Morgan fingerprint density at radius 3 is 1.65 bits per heavy atom. The maximum Gasteiger partial charge on any atom is 0.408 e. The van der Waals surface area contributed by atoms with Crippen molar-refractivity contribution >= 4 is 23.7 Å². The average molecular weight is 621 g/mol. The van der Waals surface area contributed by atoms with Gasteiger partial charge in [-0.25, -0.2) is 4.79 Å². The van der Waals surface area contributed by atoms with Gasteiger partial charge in [0.1, 0.15) is 17.2 Å². The van der Waals surface area contributed by atoms with Gasteiger partial charge in [0.15, 0.2) is 0 Å². The van der Waals surface area contributed by atoms with E-state index in [-0.39, 0.29) is 12.4 Å². The van der Waals surface area contributed by atoms with E-state index in [1.807, 2.05) is 87.5 Å². The predicted octanol–water partition coefficient (Wildman–Crippen LogP) is 7.61. The second-order valence-electron chi connectivity index (χ2n) is 12.9. The van der Waals surface area contributed by atoms with Crippen molar-refractivity contribution in [3.05, 3.63) is 101 Å². The second-order valence-corrected chi connectivity index (χ2v) is 12.9. The lowest BCUT2D eigenvalue weighted by atomic mass is 10.1. The molecule has 7 nitrogen and oxygen atoms in total. The Labute approximate surface area is 273 Å². The molecule has 46 heavy (non-hydrogen) atoms. The van der Waals surface area contributed by atoms with E-state index in [9.17, 15) is 14.4 Å². The highest BCUT2D eigenvalue weighted by Gasteiger charge is 2.24. The Kier molecular flexibility index (Phi) is 13.0. The summed E-state index contributed by atoms with van der Waals surface area (Å²) in [5.74, 6) is 12.0. The SMILES string of the molecule is CC(C)(C)OC(=O)CCCCC[C@H](NC(=O)OC(C)(C)C)C(=O)Nc1cc(C#Cc2ccccc2)cc(C#Cc2ccccc2)c1. The molecule has 3 aromatic carbocycles. The summed E-state index contributed by atoms with van der Waals surface area (Å²) in [6.07, 6.45) is 1.86. The first kappa shape index (κ1) is 35.5. The minimum atomic E-state index is -0.866. The Balaban J connectivity index is 1.80. The van der Waals surface area contributed by atoms with E-state index < -0.39 is 29.2 Å². The molecule has 0 spiro atoms. The smallest absolute Gasteiger partial charge is 0.408 e. The summed E-state index contributed by atoms with van der Waals surface area (Å²) in [4.78, 5) is 38.3. The number of carbonyl (C=O) groups excluding carboxylic acids is 3. The van der Waals surface area contributed by atoms with Crippen LogP contribution in [0.3, 0.4) is 0 Å². The highest BCUT2D eigenvalue weighted by molar-refractivity contribution is 5.96. The Hall–Kier alpha value is -5.01. The third-order valence-corrected chi connectivity index (χ3v) is 6.25. The average Bonchev–Trinajstić information content (AvgIpc) is 2.97. The van der Waals surface area contributed by atoms with E-state index in [0.717, 1.165) is 11.1 Å². The fourth-order valence-corrected chi connectivity index (χ4v) is 4.31. The molecular formula is C39H44N2O5. The molecule has 1 atom stereocenters. The summed E-state index contributed by atoms with van der Waals surface area (Å²) in [5.41, 5.74) is 2.33. The van der Waals surface area contributed by atoms with Crippen LogP contribution in [-0.4, -0.2) is 35.2 Å². The van der Waals surface area contributed by atoms with Gasteiger partial charge in [0.25, 0.3) is 0 Å². The summed E-state index contributed by atoms with van der Waals surface area (Å²) >= 11 is 0. The first-order valence-electron chi connectivity index (χ1n) is 15.6. The quantitative estimate of drug-likeness (QED) is 0.146. The van der Waals surface area contributed by atoms with Crippen molar-refractivity contribution in [2.75, 3.05) is 5.32 Å². The number of unbranched alkanes of at least 4 members (excludes halogenated alkanes) is 2. The van der Waals surface area contributed by atoms with Gasteiger partial charge in [-0.3, -0.25) is 9.59 Å². The molecule has 0 aliphatic rings. The van der Waals surface area contributed by atoms with Crippen LogP contribution in [0.15, 0.2) is 78.9 Å². The Morgan fingerprint density at radius 2 is 1.15 bits per heavy atom. The number of hydrogen-bond donors (Lipinski definition) is 2. The highest BCUT2D eigenvalue weighted by Crippen LogP contribution is 2.18. The van der Waals surface area contributed by atoms with Crippen LogP contribution in [0.25, 0.3) is 0 Å². The zero-order valence-corrected chi connectivity index (χ0v) is 27.7. The van der Waals surface area contributed by atoms with Crippen LogP contribution in [0.2, 0.25) is 0 Å². The lowest BCUT2D eigenvalue weighted by molar-refractivity contribution is -0.154. The maximum atomic E-state index is 13.6. The van der Waals surface area contributed by atoms with Gasteiger partial charge >= 0.3 is 12.1 Å². The number of alkyl carbamates (subject to hydrolysis) is 1. The topological polar surface area (TPSA) is 93.7 Å². The molecule has 0 heterocycles. The number of amides is 2. The van der Waals surface area contributed by atoms with Crippen molar-refractivity contribution < 1.29 is 23.9 Å². The third kappa shape index (κ3) is 14.2. The van der Waals surface area contributed by atoms with Gasteiger partial charge in [0, 0.05) is 34.4 Å². The van der Waals surface area contributed by atoms with Crippen LogP contribution in [0, 0.1) is 23.7 Å².